The summed E-state index contributed by atoms with van der Waals surface area (Å²) in [5, 5.41) is 22.4. The van der Waals surface area contributed by atoms with Crippen molar-refractivity contribution in [2.45, 2.75) is 13.3 Å². The molecule has 7 heteroatoms. The second-order valence-corrected chi connectivity index (χ2v) is 8.63. The summed E-state index contributed by atoms with van der Waals surface area (Å²) in [6.45, 7) is 5.74. The van der Waals surface area contributed by atoms with Gasteiger partial charge in [-0.15, -0.1) is 0 Å². The SMILES string of the molecule is CC1=C(/C(O)=C/C(=N)c2ccccc2)N=C(c2ccc(C(=O)N3CCCNCC3)cc2)CN1C. The Morgan fingerprint density at radius 3 is 2.53 bits per heavy atom. The van der Waals surface area contributed by atoms with Crippen molar-refractivity contribution in [3.8, 4) is 0 Å². The predicted molar refractivity (Wildman–Crippen MR) is 136 cm³/mol. The van der Waals surface area contributed by atoms with Crippen molar-refractivity contribution in [1.82, 2.24) is 15.1 Å². The molecule has 2 aliphatic heterocycles. The zero-order valence-electron chi connectivity index (χ0n) is 19.7. The van der Waals surface area contributed by atoms with Gasteiger partial charge in [-0.05, 0) is 43.1 Å². The number of rotatable bonds is 5. The number of aliphatic hydroxyl groups is 1. The third-order valence-electron chi connectivity index (χ3n) is 6.25. The molecular formula is C27H31N5O2. The van der Waals surface area contributed by atoms with Crippen molar-refractivity contribution >= 4 is 17.3 Å². The third kappa shape index (κ3) is 5.26. The van der Waals surface area contributed by atoms with Crippen LogP contribution in [0.25, 0.3) is 0 Å². The number of carbonyl (C=O) groups is 1. The smallest absolute Gasteiger partial charge is 0.253 e. The summed E-state index contributed by atoms with van der Waals surface area (Å²) in [7, 11) is 1.95. The molecule has 2 aromatic carbocycles. The van der Waals surface area contributed by atoms with Crippen LogP contribution in [0, 0.1) is 5.41 Å². The number of likely N-dealkylation sites (N-methyl/N-ethyl adjacent to an activating group) is 1. The minimum atomic E-state index is -0.0445. The van der Waals surface area contributed by atoms with Crippen molar-refractivity contribution in [3.05, 3.63) is 94.5 Å². The van der Waals surface area contributed by atoms with Crippen molar-refractivity contribution in [2.24, 2.45) is 4.99 Å². The fourth-order valence-corrected chi connectivity index (χ4v) is 4.12. The van der Waals surface area contributed by atoms with Crippen molar-refractivity contribution in [3.63, 3.8) is 0 Å². The third-order valence-corrected chi connectivity index (χ3v) is 6.25. The summed E-state index contributed by atoms with van der Waals surface area (Å²) in [6.07, 6.45) is 2.40. The molecule has 0 bridgehead atoms. The second-order valence-electron chi connectivity index (χ2n) is 8.63. The quantitative estimate of drug-likeness (QED) is 0.473. The summed E-state index contributed by atoms with van der Waals surface area (Å²) in [5.74, 6) is 0.00589. The molecule has 1 amide bonds. The van der Waals surface area contributed by atoms with Crippen LogP contribution in [0.2, 0.25) is 0 Å². The van der Waals surface area contributed by atoms with Crippen molar-refractivity contribution in [2.75, 3.05) is 39.8 Å². The normalized spacial score (nSPS) is 17.4. The van der Waals surface area contributed by atoms with Crippen LogP contribution in [0.5, 0.6) is 0 Å². The van der Waals surface area contributed by atoms with Gasteiger partial charge in [-0.25, -0.2) is 4.99 Å². The molecular weight excluding hydrogens is 426 g/mol. The molecule has 0 atom stereocenters. The highest BCUT2D eigenvalue weighted by Crippen LogP contribution is 2.24. The Morgan fingerprint density at radius 1 is 1.06 bits per heavy atom. The van der Waals surface area contributed by atoms with Gasteiger partial charge in [0.05, 0.1) is 18.0 Å². The minimum absolute atomic E-state index is 0.0445. The predicted octanol–water partition coefficient (Wildman–Crippen LogP) is 3.60. The van der Waals surface area contributed by atoms with Crippen LogP contribution >= 0.6 is 0 Å². The number of hydrogen-bond donors (Lipinski definition) is 3. The maximum Gasteiger partial charge on any atom is 0.253 e. The fraction of sp³-hybridized carbons (Fsp3) is 0.296. The van der Waals surface area contributed by atoms with Gasteiger partial charge >= 0.3 is 0 Å². The van der Waals surface area contributed by atoms with Crippen LogP contribution in [0.4, 0.5) is 0 Å². The molecule has 4 rings (SSSR count). The number of nitrogens with zero attached hydrogens (tertiary/aromatic N) is 3. The molecule has 34 heavy (non-hydrogen) atoms. The van der Waals surface area contributed by atoms with E-state index in [9.17, 15) is 9.90 Å². The lowest BCUT2D eigenvalue weighted by atomic mass is 10.0. The van der Waals surface area contributed by atoms with E-state index in [4.69, 9.17) is 10.4 Å². The lowest BCUT2D eigenvalue weighted by Gasteiger charge is -2.27. The monoisotopic (exact) mass is 457 g/mol. The van der Waals surface area contributed by atoms with Gasteiger partial charge < -0.3 is 25.6 Å². The Labute approximate surface area is 200 Å². The Bertz CT molecular complexity index is 1140. The lowest BCUT2D eigenvalue weighted by molar-refractivity contribution is 0.0766. The van der Waals surface area contributed by atoms with Gasteiger partial charge in [0.25, 0.3) is 5.91 Å². The Balaban J connectivity index is 1.56. The molecule has 2 heterocycles. The van der Waals surface area contributed by atoms with E-state index in [0.29, 0.717) is 17.8 Å². The van der Waals surface area contributed by atoms with E-state index in [0.717, 1.165) is 55.1 Å². The summed E-state index contributed by atoms with van der Waals surface area (Å²) < 4.78 is 0. The molecule has 2 aliphatic rings. The molecule has 0 spiro atoms. The van der Waals surface area contributed by atoms with Gasteiger partial charge in [0.15, 0.2) is 0 Å². The Hall–Kier alpha value is -3.71. The summed E-state index contributed by atoms with van der Waals surface area (Å²) >= 11 is 0. The molecule has 176 valence electrons. The summed E-state index contributed by atoms with van der Waals surface area (Å²) in [5.41, 5.74) is 4.59. The van der Waals surface area contributed by atoms with Gasteiger partial charge in [-0.3, -0.25) is 4.79 Å². The molecule has 0 saturated carbocycles. The molecule has 3 N–H and O–H groups in total. The van der Waals surface area contributed by atoms with Crippen LogP contribution in [0.3, 0.4) is 0 Å². The summed E-state index contributed by atoms with van der Waals surface area (Å²) in [6, 6.07) is 16.8. The van der Waals surface area contributed by atoms with Gasteiger partial charge in [0, 0.05) is 44.0 Å². The van der Waals surface area contributed by atoms with E-state index < -0.39 is 0 Å². The van der Waals surface area contributed by atoms with E-state index in [-0.39, 0.29) is 17.4 Å². The van der Waals surface area contributed by atoms with Crippen LogP contribution in [-0.4, -0.2) is 72.0 Å². The lowest BCUT2D eigenvalue weighted by Crippen LogP contribution is -2.34. The molecule has 0 unspecified atom stereocenters. The van der Waals surface area contributed by atoms with Gasteiger partial charge in [-0.1, -0.05) is 42.5 Å². The van der Waals surface area contributed by atoms with Gasteiger partial charge in [0.2, 0.25) is 0 Å². The van der Waals surface area contributed by atoms with E-state index in [1.54, 1.807) is 0 Å². The molecule has 0 aromatic heterocycles. The van der Waals surface area contributed by atoms with Crippen LogP contribution < -0.4 is 5.32 Å². The number of amides is 1. The Morgan fingerprint density at radius 2 is 1.79 bits per heavy atom. The molecule has 7 nitrogen and oxygen atoms in total. The van der Waals surface area contributed by atoms with Gasteiger partial charge in [-0.2, -0.15) is 0 Å². The minimum Gasteiger partial charge on any atom is -0.506 e. The number of hydrogen-bond acceptors (Lipinski definition) is 6. The highest BCUT2D eigenvalue weighted by atomic mass is 16.3. The van der Waals surface area contributed by atoms with Crippen LogP contribution in [0.15, 0.2) is 82.8 Å². The van der Waals surface area contributed by atoms with Crippen LogP contribution in [0.1, 0.15) is 34.8 Å². The molecule has 2 aromatic rings. The molecule has 0 aliphatic carbocycles. The number of carbonyl (C=O) groups excluding carboxylic acids is 1. The zero-order chi connectivity index (χ0) is 24.1. The standard InChI is InChI=1S/C27H31N5O2/c1-19-26(25(33)17-23(28)20-7-4-3-5-8-20)30-24(18-31(19)2)21-9-11-22(12-10-21)27(34)32-15-6-13-29-14-16-32/h3-5,7-12,17,28-29,33H,6,13-16,18H2,1-2H3/b25-17-,28-23?. The zero-order valence-corrected chi connectivity index (χ0v) is 19.7. The van der Waals surface area contributed by atoms with Crippen LogP contribution in [-0.2, 0) is 0 Å². The molecule has 1 fully saturated rings. The topological polar surface area (TPSA) is 92.0 Å². The maximum atomic E-state index is 12.9. The highest BCUT2D eigenvalue weighted by Gasteiger charge is 2.22. The van der Waals surface area contributed by atoms with Crippen molar-refractivity contribution < 1.29 is 9.90 Å². The van der Waals surface area contributed by atoms with E-state index in [1.807, 2.05) is 78.4 Å². The summed E-state index contributed by atoms with van der Waals surface area (Å²) in [4.78, 5) is 21.6. The molecule has 1 saturated heterocycles. The van der Waals surface area contributed by atoms with E-state index >= 15 is 0 Å². The average Bonchev–Trinajstić information content (AvgIpc) is 3.15. The fourth-order valence-electron chi connectivity index (χ4n) is 4.12. The number of benzene rings is 2. The first-order chi connectivity index (χ1) is 16.4. The largest absolute Gasteiger partial charge is 0.506 e. The van der Waals surface area contributed by atoms with Crippen molar-refractivity contribution in [1.29, 1.82) is 5.41 Å². The Kier molecular flexibility index (Phi) is 7.23. The first-order valence-electron chi connectivity index (χ1n) is 11.6. The number of aliphatic hydroxyl groups excluding tert-OH is 1. The first-order valence-corrected chi connectivity index (χ1v) is 11.6. The number of aliphatic imine (C=N–C) groups is 1. The average molecular weight is 458 g/mol. The van der Waals surface area contributed by atoms with E-state index in [2.05, 4.69) is 5.32 Å². The highest BCUT2D eigenvalue weighted by molar-refractivity contribution is 6.07. The molecule has 0 radical (unpaired) electrons. The second kappa shape index (κ2) is 10.5. The van der Waals surface area contributed by atoms with Gasteiger partial charge in [0.1, 0.15) is 11.5 Å². The number of nitrogens with one attached hydrogen (secondary N) is 2. The first kappa shape index (κ1) is 23.4. The van der Waals surface area contributed by atoms with E-state index in [1.165, 1.54) is 6.08 Å². The maximum absolute atomic E-state index is 12.9. The number of allylic oxidation sites excluding steroid dienone is 2.